The van der Waals surface area contributed by atoms with Crippen molar-refractivity contribution in [2.24, 2.45) is 0 Å². The van der Waals surface area contributed by atoms with Crippen molar-refractivity contribution in [1.82, 2.24) is 9.88 Å². The molecule has 0 atom stereocenters. The zero-order chi connectivity index (χ0) is 17.5. The molecular weight excluding hydrogens is 324 g/mol. The van der Waals surface area contributed by atoms with Crippen LogP contribution in [0.1, 0.15) is 24.3 Å². The smallest absolute Gasteiger partial charge is 0.358 e. The van der Waals surface area contributed by atoms with E-state index in [1.54, 1.807) is 10.3 Å². The highest BCUT2D eigenvalue weighted by Gasteiger charge is 2.17. The molecule has 0 saturated carbocycles. The molecule has 2 aromatic rings. The van der Waals surface area contributed by atoms with E-state index < -0.39 is 5.97 Å². The summed E-state index contributed by atoms with van der Waals surface area (Å²) in [7, 11) is 0. The van der Waals surface area contributed by atoms with Crippen LogP contribution < -0.4 is 0 Å². The number of benzene rings is 1. The van der Waals surface area contributed by atoms with Crippen LogP contribution in [0, 0.1) is 0 Å². The van der Waals surface area contributed by atoms with Gasteiger partial charge in [-0.05, 0) is 13.8 Å². The maximum Gasteiger partial charge on any atom is 0.358 e. The highest BCUT2D eigenvalue weighted by Crippen LogP contribution is 2.23. The van der Waals surface area contributed by atoms with Gasteiger partial charge in [-0.2, -0.15) is 0 Å². The van der Waals surface area contributed by atoms with Crippen LogP contribution in [-0.4, -0.2) is 41.5 Å². The highest BCUT2D eigenvalue weighted by molar-refractivity contribution is 7.13. The van der Waals surface area contributed by atoms with E-state index in [1.807, 2.05) is 44.2 Å². The summed E-state index contributed by atoms with van der Waals surface area (Å²) in [6.45, 7) is 8.22. The summed E-state index contributed by atoms with van der Waals surface area (Å²) in [5.74, 6) is -0.833. The molecule has 1 aromatic carbocycles. The number of amides is 1. The second-order valence-electron chi connectivity index (χ2n) is 5.35. The summed E-state index contributed by atoms with van der Waals surface area (Å²) < 4.78 is 5.09. The monoisotopic (exact) mass is 344 g/mol. The predicted octanol–water partition coefficient (Wildman–Crippen LogP) is 3.39. The molecule has 5 nitrogen and oxygen atoms in total. The van der Waals surface area contributed by atoms with Gasteiger partial charge in [-0.1, -0.05) is 42.5 Å². The van der Waals surface area contributed by atoms with Crippen LogP contribution in [0.15, 0.2) is 47.9 Å². The van der Waals surface area contributed by atoms with Crippen LogP contribution >= 0.6 is 11.3 Å². The Morgan fingerprint density at radius 3 is 2.62 bits per heavy atom. The number of esters is 1. The lowest BCUT2D eigenvalue weighted by Gasteiger charge is -2.20. The highest BCUT2D eigenvalue weighted by atomic mass is 32.1. The molecular formula is C18H20N2O3S. The second kappa shape index (κ2) is 8.40. The van der Waals surface area contributed by atoms with Gasteiger partial charge in [-0.25, -0.2) is 9.78 Å². The number of thiazole rings is 1. The van der Waals surface area contributed by atoms with E-state index in [9.17, 15) is 9.59 Å². The summed E-state index contributed by atoms with van der Waals surface area (Å²) in [6.07, 6.45) is 0. The van der Waals surface area contributed by atoms with Crippen molar-refractivity contribution < 1.29 is 14.3 Å². The Balaban J connectivity index is 1.94. The Morgan fingerprint density at radius 1 is 1.29 bits per heavy atom. The molecule has 0 bridgehead atoms. The molecule has 24 heavy (non-hydrogen) atoms. The van der Waals surface area contributed by atoms with Crippen molar-refractivity contribution in [2.75, 3.05) is 19.7 Å². The fourth-order valence-electron chi connectivity index (χ4n) is 2.08. The summed E-state index contributed by atoms with van der Waals surface area (Å²) in [6, 6.07) is 9.59. The van der Waals surface area contributed by atoms with Gasteiger partial charge >= 0.3 is 5.97 Å². The minimum atomic E-state index is -0.590. The molecule has 6 heteroatoms. The first-order valence-electron chi connectivity index (χ1n) is 7.61. The molecule has 1 amide bonds. The summed E-state index contributed by atoms with van der Waals surface area (Å²) >= 11 is 1.37. The SMILES string of the molecule is C=C(C)CN(CC)C(=O)COC(=O)c1csc(-c2ccccc2)n1. The average molecular weight is 344 g/mol. The van der Waals surface area contributed by atoms with Crippen molar-refractivity contribution in [3.05, 3.63) is 53.6 Å². The quantitative estimate of drug-likeness (QED) is 0.571. The van der Waals surface area contributed by atoms with Gasteiger partial charge in [-0.15, -0.1) is 11.3 Å². The van der Waals surface area contributed by atoms with Gasteiger partial charge in [0, 0.05) is 24.0 Å². The molecule has 1 aromatic heterocycles. The Kier molecular flexibility index (Phi) is 6.26. The second-order valence-corrected chi connectivity index (χ2v) is 6.20. The number of hydrogen-bond donors (Lipinski definition) is 0. The lowest BCUT2D eigenvalue weighted by atomic mass is 10.2. The molecule has 0 aliphatic heterocycles. The van der Waals surface area contributed by atoms with Gasteiger partial charge in [0.25, 0.3) is 5.91 Å². The number of ether oxygens (including phenoxy) is 1. The molecule has 0 spiro atoms. The zero-order valence-corrected chi connectivity index (χ0v) is 14.6. The topological polar surface area (TPSA) is 59.5 Å². The number of rotatable bonds is 7. The number of carbonyl (C=O) groups is 2. The van der Waals surface area contributed by atoms with Gasteiger partial charge in [0.15, 0.2) is 12.3 Å². The van der Waals surface area contributed by atoms with Crippen LogP contribution in [0.3, 0.4) is 0 Å². The maximum absolute atomic E-state index is 12.1. The van der Waals surface area contributed by atoms with Crippen LogP contribution in [-0.2, 0) is 9.53 Å². The average Bonchev–Trinajstić information content (AvgIpc) is 3.08. The van der Waals surface area contributed by atoms with Crippen LogP contribution in [0.25, 0.3) is 10.6 Å². The van der Waals surface area contributed by atoms with Crippen LogP contribution in [0.5, 0.6) is 0 Å². The summed E-state index contributed by atoms with van der Waals surface area (Å²) in [5.41, 5.74) is 2.04. The van der Waals surface area contributed by atoms with E-state index in [2.05, 4.69) is 11.6 Å². The van der Waals surface area contributed by atoms with E-state index in [1.165, 1.54) is 11.3 Å². The molecule has 1 heterocycles. The third kappa shape index (κ3) is 4.76. The molecule has 0 fully saturated rings. The van der Waals surface area contributed by atoms with Crippen molar-refractivity contribution >= 4 is 23.2 Å². The third-order valence-electron chi connectivity index (χ3n) is 3.26. The Hall–Kier alpha value is -2.47. The first-order valence-corrected chi connectivity index (χ1v) is 8.49. The minimum Gasteiger partial charge on any atom is -0.451 e. The van der Waals surface area contributed by atoms with Crippen molar-refractivity contribution in [3.8, 4) is 10.6 Å². The predicted molar refractivity (Wildman–Crippen MR) is 94.9 cm³/mol. The molecule has 0 N–H and O–H groups in total. The van der Waals surface area contributed by atoms with E-state index in [0.29, 0.717) is 13.1 Å². The number of carbonyl (C=O) groups excluding carboxylic acids is 2. The van der Waals surface area contributed by atoms with Crippen molar-refractivity contribution in [3.63, 3.8) is 0 Å². The zero-order valence-electron chi connectivity index (χ0n) is 13.8. The number of aromatic nitrogens is 1. The van der Waals surface area contributed by atoms with Crippen molar-refractivity contribution in [1.29, 1.82) is 0 Å². The largest absolute Gasteiger partial charge is 0.451 e. The first kappa shape index (κ1) is 17.9. The Labute approximate surface area is 145 Å². The fourth-order valence-corrected chi connectivity index (χ4v) is 2.87. The lowest BCUT2D eigenvalue weighted by molar-refractivity contribution is -0.133. The number of nitrogens with zero attached hydrogens (tertiary/aromatic N) is 2. The maximum atomic E-state index is 12.1. The molecule has 126 valence electrons. The molecule has 0 unspecified atom stereocenters. The first-order chi connectivity index (χ1) is 11.5. The van der Waals surface area contributed by atoms with Gasteiger partial charge in [0.2, 0.25) is 0 Å². The fraction of sp³-hybridized carbons (Fsp3) is 0.278. The van der Waals surface area contributed by atoms with Gasteiger partial charge in [0.1, 0.15) is 5.01 Å². The number of hydrogen-bond acceptors (Lipinski definition) is 5. The Morgan fingerprint density at radius 2 is 2.00 bits per heavy atom. The van der Waals surface area contributed by atoms with Crippen LogP contribution in [0.4, 0.5) is 0 Å². The van der Waals surface area contributed by atoms with E-state index in [4.69, 9.17) is 4.74 Å². The minimum absolute atomic E-state index is 0.217. The Bertz CT molecular complexity index is 725. The molecule has 0 aliphatic carbocycles. The van der Waals surface area contributed by atoms with Crippen LogP contribution in [0.2, 0.25) is 0 Å². The van der Waals surface area contributed by atoms with E-state index in [-0.39, 0.29) is 18.2 Å². The normalized spacial score (nSPS) is 10.2. The molecule has 0 aliphatic rings. The van der Waals surface area contributed by atoms with Gasteiger partial charge in [0.05, 0.1) is 0 Å². The van der Waals surface area contributed by atoms with Crippen molar-refractivity contribution in [2.45, 2.75) is 13.8 Å². The molecule has 0 saturated heterocycles. The lowest BCUT2D eigenvalue weighted by Crippen LogP contribution is -2.35. The van der Waals surface area contributed by atoms with Gasteiger partial charge < -0.3 is 9.64 Å². The number of likely N-dealkylation sites (N-methyl/N-ethyl adjacent to an activating group) is 1. The summed E-state index contributed by atoms with van der Waals surface area (Å²) in [4.78, 5) is 30.0. The van der Waals surface area contributed by atoms with E-state index in [0.717, 1.165) is 16.1 Å². The molecule has 2 rings (SSSR count). The molecule has 0 radical (unpaired) electrons. The van der Waals surface area contributed by atoms with E-state index >= 15 is 0 Å². The standard InChI is InChI=1S/C18H20N2O3S/c1-4-20(10-13(2)3)16(21)11-23-18(22)15-12-24-17(19-15)14-8-6-5-7-9-14/h5-9,12H,2,4,10-11H2,1,3H3. The summed E-state index contributed by atoms with van der Waals surface area (Å²) in [5, 5.41) is 2.38. The van der Waals surface area contributed by atoms with Gasteiger partial charge in [-0.3, -0.25) is 4.79 Å². The third-order valence-corrected chi connectivity index (χ3v) is 4.15.